The van der Waals surface area contributed by atoms with Crippen molar-refractivity contribution in [2.75, 3.05) is 0 Å². The number of hydrogen-bond donors (Lipinski definition) is 2. The predicted molar refractivity (Wildman–Crippen MR) is 87.2 cm³/mol. The molecule has 0 fully saturated rings. The standard InChI is InChI=1S/C13H19N3O2S3/c1-9(2)14-6-12-4-13(10(3)20-12)21(17,18)16-5-11-7-19-8-15-11/h4,7-9,14,16H,5-6H2,1-3H3. The lowest BCUT2D eigenvalue weighted by Gasteiger charge is -2.05. The first kappa shape index (κ1) is 16.6. The summed E-state index contributed by atoms with van der Waals surface area (Å²) in [6.07, 6.45) is 0. The van der Waals surface area contributed by atoms with Gasteiger partial charge >= 0.3 is 0 Å². The highest BCUT2D eigenvalue weighted by Gasteiger charge is 2.20. The fourth-order valence-corrected chi connectivity index (χ4v) is 4.90. The second-order valence-electron chi connectivity index (χ2n) is 4.97. The molecule has 0 aliphatic carbocycles. The van der Waals surface area contributed by atoms with Gasteiger partial charge in [-0.15, -0.1) is 22.7 Å². The van der Waals surface area contributed by atoms with Crippen LogP contribution in [0.25, 0.3) is 0 Å². The number of sulfonamides is 1. The Kier molecular flexibility index (Phi) is 5.50. The van der Waals surface area contributed by atoms with E-state index in [1.807, 2.05) is 12.3 Å². The first-order valence-corrected chi connectivity index (χ1v) is 9.82. The van der Waals surface area contributed by atoms with Crippen LogP contribution in [0.15, 0.2) is 21.9 Å². The summed E-state index contributed by atoms with van der Waals surface area (Å²) in [6.45, 7) is 6.87. The van der Waals surface area contributed by atoms with Gasteiger partial charge in [0.2, 0.25) is 10.0 Å². The molecular formula is C13H19N3O2S3. The van der Waals surface area contributed by atoms with Crippen molar-refractivity contribution in [1.29, 1.82) is 0 Å². The Morgan fingerprint density at radius 3 is 2.71 bits per heavy atom. The number of thiazole rings is 1. The monoisotopic (exact) mass is 345 g/mol. The zero-order chi connectivity index (χ0) is 15.5. The van der Waals surface area contributed by atoms with E-state index in [4.69, 9.17) is 0 Å². The van der Waals surface area contributed by atoms with E-state index in [0.717, 1.165) is 15.4 Å². The lowest BCUT2D eigenvalue weighted by molar-refractivity contribution is 0.579. The minimum Gasteiger partial charge on any atom is -0.310 e. The minimum absolute atomic E-state index is 0.223. The van der Waals surface area contributed by atoms with Crippen LogP contribution in [0.4, 0.5) is 0 Å². The van der Waals surface area contributed by atoms with Gasteiger partial charge in [0.25, 0.3) is 0 Å². The Hall–Kier alpha value is -0.800. The molecular weight excluding hydrogens is 326 g/mol. The van der Waals surface area contributed by atoms with Crippen LogP contribution in [0.1, 0.15) is 29.3 Å². The number of aryl methyl sites for hydroxylation is 1. The Morgan fingerprint density at radius 1 is 1.33 bits per heavy atom. The molecule has 2 aromatic heterocycles. The average Bonchev–Trinajstić information content (AvgIpc) is 3.03. The van der Waals surface area contributed by atoms with Gasteiger partial charge in [0.05, 0.1) is 22.6 Å². The molecule has 0 aliphatic heterocycles. The third-order valence-corrected chi connectivity index (χ3v) is 6.17. The topological polar surface area (TPSA) is 71.1 Å². The van der Waals surface area contributed by atoms with Crippen LogP contribution >= 0.6 is 22.7 Å². The smallest absolute Gasteiger partial charge is 0.242 e. The normalized spacial score (nSPS) is 12.2. The zero-order valence-electron chi connectivity index (χ0n) is 12.2. The van der Waals surface area contributed by atoms with E-state index in [9.17, 15) is 8.42 Å². The highest BCUT2D eigenvalue weighted by atomic mass is 32.2. The Balaban J connectivity index is 2.08. The average molecular weight is 346 g/mol. The first-order chi connectivity index (χ1) is 9.88. The lowest BCUT2D eigenvalue weighted by atomic mass is 10.3. The maximum absolute atomic E-state index is 12.4. The Bertz CT molecular complexity index is 676. The van der Waals surface area contributed by atoms with Gasteiger partial charge in [0.1, 0.15) is 0 Å². The maximum Gasteiger partial charge on any atom is 0.242 e. The quantitative estimate of drug-likeness (QED) is 0.809. The number of hydrogen-bond acceptors (Lipinski definition) is 6. The van der Waals surface area contributed by atoms with Gasteiger partial charge in [-0.25, -0.2) is 18.1 Å². The van der Waals surface area contributed by atoms with Gasteiger partial charge in [0, 0.05) is 27.7 Å². The molecule has 21 heavy (non-hydrogen) atoms. The van der Waals surface area contributed by atoms with E-state index in [1.165, 1.54) is 22.7 Å². The lowest BCUT2D eigenvalue weighted by Crippen LogP contribution is -2.23. The molecule has 0 atom stereocenters. The summed E-state index contributed by atoms with van der Waals surface area (Å²) in [6, 6.07) is 2.12. The molecule has 0 amide bonds. The molecule has 0 aliphatic rings. The molecule has 116 valence electrons. The van der Waals surface area contributed by atoms with Crippen molar-refractivity contribution in [2.24, 2.45) is 0 Å². The van der Waals surface area contributed by atoms with Crippen molar-refractivity contribution in [3.63, 3.8) is 0 Å². The maximum atomic E-state index is 12.4. The van der Waals surface area contributed by atoms with E-state index >= 15 is 0 Å². The van der Waals surface area contributed by atoms with Gasteiger partial charge in [-0.2, -0.15) is 0 Å². The van der Waals surface area contributed by atoms with Gasteiger partial charge in [-0.1, -0.05) is 13.8 Å². The molecule has 2 heterocycles. The minimum atomic E-state index is -3.49. The molecule has 0 bridgehead atoms. The third-order valence-electron chi connectivity index (χ3n) is 2.82. The fourth-order valence-electron chi connectivity index (χ4n) is 1.75. The van der Waals surface area contributed by atoms with Crippen LogP contribution in [0.5, 0.6) is 0 Å². The molecule has 0 radical (unpaired) electrons. The van der Waals surface area contributed by atoms with Crippen LogP contribution in [-0.4, -0.2) is 19.4 Å². The highest BCUT2D eigenvalue weighted by molar-refractivity contribution is 7.89. The predicted octanol–water partition coefficient (Wildman–Crippen LogP) is 2.49. The van der Waals surface area contributed by atoms with Crippen molar-refractivity contribution >= 4 is 32.7 Å². The molecule has 8 heteroatoms. The van der Waals surface area contributed by atoms with E-state index in [1.54, 1.807) is 11.6 Å². The molecule has 0 spiro atoms. The summed E-state index contributed by atoms with van der Waals surface area (Å²) in [5.74, 6) is 0. The summed E-state index contributed by atoms with van der Waals surface area (Å²) in [4.78, 5) is 6.27. The largest absolute Gasteiger partial charge is 0.310 e. The van der Waals surface area contributed by atoms with Crippen molar-refractivity contribution in [2.45, 2.75) is 44.8 Å². The van der Waals surface area contributed by atoms with Crippen molar-refractivity contribution in [3.05, 3.63) is 32.4 Å². The van der Waals surface area contributed by atoms with Gasteiger partial charge in [0.15, 0.2) is 0 Å². The van der Waals surface area contributed by atoms with Crippen LogP contribution in [-0.2, 0) is 23.1 Å². The van der Waals surface area contributed by atoms with Crippen LogP contribution < -0.4 is 10.0 Å². The van der Waals surface area contributed by atoms with Crippen LogP contribution in [0, 0.1) is 6.92 Å². The van der Waals surface area contributed by atoms with Gasteiger partial charge in [-0.3, -0.25) is 0 Å². The summed E-state index contributed by atoms with van der Waals surface area (Å²) >= 11 is 2.96. The van der Waals surface area contributed by atoms with Crippen molar-refractivity contribution in [3.8, 4) is 0 Å². The SMILES string of the molecule is Cc1sc(CNC(C)C)cc1S(=O)(=O)NCc1cscn1. The fraction of sp³-hybridized carbons (Fsp3) is 0.462. The number of thiophene rings is 1. The summed E-state index contributed by atoms with van der Waals surface area (Å²) in [5, 5.41) is 5.13. The number of aromatic nitrogens is 1. The summed E-state index contributed by atoms with van der Waals surface area (Å²) in [7, 11) is -3.49. The summed E-state index contributed by atoms with van der Waals surface area (Å²) < 4.78 is 27.3. The molecule has 0 aromatic carbocycles. The van der Waals surface area contributed by atoms with E-state index in [0.29, 0.717) is 17.5 Å². The number of nitrogens with one attached hydrogen (secondary N) is 2. The number of rotatable bonds is 7. The van der Waals surface area contributed by atoms with E-state index in [2.05, 4.69) is 28.9 Å². The Morgan fingerprint density at radius 2 is 2.10 bits per heavy atom. The van der Waals surface area contributed by atoms with Gasteiger partial charge in [-0.05, 0) is 13.0 Å². The molecule has 0 saturated carbocycles. The molecule has 0 saturated heterocycles. The second-order valence-corrected chi connectivity index (χ2v) is 8.77. The Labute approximate surface area is 133 Å². The zero-order valence-corrected chi connectivity index (χ0v) is 14.7. The summed E-state index contributed by atoms with van der Waals surface area (Å²) in [5.41, 5.74) is 2.42. The molecule has 2 N–H and O–H groups in total. The molecule has 5 nitrogen and oxygen atoms in total. The third kappa shape index (κ3) is 4.58. The highest BCUT2D eigenvalue weighted by Crippen LogP contribution is 2.25. The molecule has 0 unspecified atom stereocenters. The van der Waals surface area contributed by atoms with E-state index in [-0.39, 0.29) is 6.54 Å². The molecule has 2 aromatic rings. The van der Waals surface area contributed by atoms with Crippen molar-refractivity contribution in [1.82, 2.24) is 15.0 Å². The van der Waals surface area contributed by atoms with E-state index < -0.39 is 10.0 Å². The van der Waals surface area contributed by atoms with Crippen LogP contribution in [0.2, 0.25) is 0 Å². The first-order valence-electron chi connectivity index (χ1n) is 6.58. The number of nitrogens with zero attached hydrogens (tertiary/aromatic N) is 1. The second kappa shape index (κ2) is 6.97. The molecule has 2 rings (SSSR count). The van der Waals surface area contributed by atoms with Crippen LogP contribution in [0.3, 0.4) is 0 Å². The van der Waals surface area contributed by atoms with Crippen molar-refractivity contribution < 1.29 is 8.42 Å². The van der Waals surface area contributed by atoms with Gasteiger partial charge < -0.3 is 5.32 Å².